The largest absolute Gasteiger partial charge is 0.458 e. The number of thiophene rings is 1. The lowest BCUT2D eigenvalue weighted by Crippen LogP contribution is -1.97. The van der Waals surface area contributed by atoms with E-state index in [1.54, 1.807) is 17.4 Å². The van der Waals surface area contributed by atoms with Crippen LogP contribution in [0.4, 0.5) is 0 Å². The fourth-order valence-corrected chi connectivity index (χ4v) is 3.38. The summed E-state index contributed by atoms with van der Waals surface area (Å²) in [5, 5.41) is 12.0. The van der Waals surface area contributed by atoms with Crippen LogP contribution >= 0.6 is 22.9 Å². The lowest BCUT2D eigenvalue weighted by Gasteiger charge is -2.06. The van der Waals surface area contributed by atoms with Gasteiger partial charge in [0.05, 0.1) is 0 Å². The topological polar surface area (TPSA) is 33.4 Å². The minimum atomic E-state index is -0.726. The van der Waals surface area contributed by atoms with Gasteiger partial charge in [-0.3, -0.25) is 0 Å². The van der Waals surface area contributed by atoms with Crippen LogP contribution in [0.2, 0.25) is 5.02 Å². The Morgan fingerprint density at radius 2 is 2.00 bits per heavy atom. The molecule has 0 fully saturated rings. The lowest BCUT2D eigenvalue weighted by atomic mass is 10.1. The molecule has 2 aromatic heterocycles. The lowest BCUT2D eigenvalue weighted by molar-refractivity contribution is 0.192. The van der Waals surface area contributed by atoms with Gasteiger partial charge in [0.15, 0.2) is 0 Å². The van der Waals surface area contributed by atoms with Crippen LogP contribution in [-0.2, 0) is 0 Å². The van der Waals surface area contributed by atoms with Crippen molar-refractivity contribution in [1.82, 2.24) is 0 Å². The first kappa shape index (κ1) is 12.7. The van der Waals surface area contributed by atoms with E-state index in [0.29, 0.717) is 10.8 Å². The first-order chi connectivity index (χ1) is 9.04. The summed E-state index contributed by atoms with van der Waals surface area (Å²) in [6.07, 6.45) is -0.726. The Morgan fingerprint density at radius 3 is 2.68 bits per heavy atom. The van der Waals surface area contributed by atoms with E-state index in [9.17, 15) is 5.11 Å². The summed E-state index contributed by atoms with van der Waals surface area (Å²) in [6, 6.07) is 9.29. The standard InChI is InChI=1S/C15H13ClO2S/c1-8-5-12(9(2)19-8)15(17)14-7-10-6-11(16)3-4-13(10)18-14/h3-7,15,17H,1-2H3. The number of fused-ring (bicyclic) bond motifs is 1. The number of furan rings is 1. The van der Waals surface area contributed by atoms with Crippen molar-refractivity contribution in [1.29, 1.82) is 0 Å². The summed E-state index contributed by atoms with van der Waals surface area (Å²) in [4.78, 5) is 2.30. The van der Waals surface area contributed by atoms with E-state index in [-0.39, 0.29) is 0 Å². The molecule has 2 heterocycles. The smallest absolute Gasteiger partial charge is 0.138 e. The molecule has 0 saturated heterocycles. The van der Waals surface area contributed by atoms with Crippen molar-refractivity contribution in [3.63, 3.8) is 0 Å². The molecule has 98 valence electrons. The number of aliphatic hydroxyl groups is 1. The minimum absolute atomic E-state index is 0.554. The highest BCUT2D eigenvalue weighted by Crippen LogP contribution is 2.33. The van der Waals surface area contributed by atoms with Crippen LogP contribution in [0.25, 0.3) is 11.0 Å². The van der Waals surface area contributed by atoms with Crippen molar-refractivity contribution in [2.45, 2.75) is 20.0 Å². The highest BCUT2D eigenvalue weighted by atomic mass is 35.5. The van der Waals surface area contributed by atoms with Gasteiger partial charge in [0.25, 0.3) is 0 Å². The van der Waals surface area contributed by atoms with Crippen LogP contribution in [0.3, 0.4) is 0 Å². The third-order valence-corrected chi connectivity index (χ3v) is 4.36. The fourth-order valence-electron chi connectivity index (χ4n) is 2.24. The zero-order chi connectivity index (χ0) is 13.6. The van der Waals surface area contributed by atoms with Crippen LogP contribution in [-0.4, -0.2) is 5.11 Å². The van der Waals surface area contributed by atoms with Crippen LogP contribution in [0, 0.1) is 13.8 Å². The average Bonchev–Trinajstić information content (AvgIpc) is 2.91. The summed E-state index contributed by atoms with van der Waals surface area (Å²) in [7, 11) is 0. The normalized spacial score (nSPS) is 13.1. The number of hydrogen-bond acceptors (Lipinski definition) is 3. The van der Waals surface area contributed by atoms with Gasteiger partial charge in [-0.25, -0.2) is 0 Å². The van der Waals surface area contributed by atoms with E-state index in [1.165, 1.54) is 4.88 Å². The SMILES string of the molecule is Cc1cc(C(O)c2cc3cc(Cl)ccc3o2)c(C)s1. The Morgan fingerprint density at radius 1 is 1.21 bits per heavy atom. The molecule has 1 unspecified atom stereocenters. The van der Waals surface area contributed by atoms with Crippen LogP contribution in [0.15, 0.2) is 34.7 Å². The Kier molecular flexibility index (Phi) is 3.13. The third-order valence-electron chi connectivity index (χ3n) is 3.14. The van der Waals surface area contributed by atoms with Gasteiger partial charge in [-0.2, -0.15) is 0 Å². The monoisotopic (exact) mass is 292 g/mol. The van der Waals surface area contributed by atoms with E-state index in [1.807, 2.05) is 38.1 Å². The van der Waals surface area contributed by atoms with Crippen LogP contribution < -0.4 is 0 Å². The molecular formula is C15H13ClO2S. The van der Waals surface area contributed by atoms with Crippen molar-refractivity contribution in [2.75, 3.05) is 0 Å². The van der Waals surface area contributed by atoms with Crippen LogP contribution in [0.5, 0.6) is 0 Å². The average molecular weight is 293 g/mol. The highest BCUT2D eigenvalue weighted by Gasteiger charge is 2.19. The second-order valence-electron chi connectivity index (χ2n) is 4.60. The second kappa shape index (κ2) is 4.67. The summed E-state index contributed by atoms with van der Waals surface area (Å²) >= 11 is 7.63. The molecule has 2 nitrogen and oxygen atoms in total. The molecule has 1 N–H and O–H groups in total. The zero-order valence-corrected chi connectivity index (χ0v) is 12.2. The second-order valence-corrected chi connectivity index (χ2v) is 6.50. The molecule has 4 heteroatoms. The number of aryl methyl sites for hydroxylation is 2. The molecular weight excluding hydrogens is 280 g/mol. The van der Waals surface area contributed by atoms with Crippen LogP contribution in [0.1, 0.15) is 27.2 Å². The Balaban J connectivity index is 2.06. The Bertz CT molecular complexity index is 742. The van der Waals surface area contributed by atoms with Gasteiger partial charge in [0.1, 0.15) is 17.4 Å². The summed E-state index contributed by atoms with van der Waals surface area (Å²) in [5.41, 5.74) is 1.65. The number of hydrogen-bond donors (Lipinski definition) is 1. The summed E-state index contributed by atoms with van der Waals surface area (Å²) in [6.45, 7) is 4.04. The van der Waals surface area contributed by atoms with E-state index in [4.69, 9.17) is 16.0 Å². The third kappa shape index (κ3) is 2.29. The molecule has 1 aromatic carbocycles. The predicted molar refractivity (Wildman–Crippen MR) is 79.1 cm³/mol. The van der Waals surface area contributed by atoms with Gasteiger partial charge in [0.2, 0.25) is 0 Å². The van der Waals surface area contributed by atoms with Gasteiger partial charge in [-0.15, -0.1) is 11.3 Å². The van der Waals surface area contributed by atoms with E-state index in [2.05, 4.69) is 0 Å². The molecule has 0 aliphatic rings. The van der Waals surface area contributed by atoms with E-state index in [0.717, 1.165) is 21.4 Å². The summed E-state index contributed by atoms with van der Waals surface area (Å²) < 4.78 is 5.70. The molecule has 0 aliphatic carbocycles. The van der Waals surface area contributed by atoms with Crippen molar-refractivity contribution in [3.05, 3.63) is 56.4 Å². The Labute approximate surface area is 120 Å². The van der Waals surface area contributed by atoms with Gasteiger partial charge in [0, 0.05) is 25.7 Å². The van der Waals surface area contributed by atoms with Crippen molar-refractivity contribution < 1.29 is 9.52 Å². The molecule has 19 heavy (non-hydrogen) atoms. The van der Waals surface area contributed by atoms with Gasteiger partial charge >= 0.3 is 0 Å². The first-order valence-corrected chi connectivity index (χ1v) is 7.18. The maximum Gasteiger partial charge on any atom is 0.138 e. The number of aliphatic hydroxyl groups excluding tert-OH is 1. The molecule has 0 amide bonds. The number of rotatable bonds is 2. The highest BCUT2D eigenvalue weighted by molar-refractivity contribution is 7.12. The molecule has 3 aromatic rings. The maximum atomic E-state index is 10.4. The first-order valence-electron chi connectivity index (χ1n) is 5.98. The molecule has 0 bridgehead atoms. The zero-order valence-electron chi connectivity index (χ0n) is 10.6. The van der Waals surface area contributed by atoms with Crippen molar-refractivity contribution >= 4 is 33.9 Å². The fraction of sp³-hybridized carbons (Fsp3) is 0.200. The molecule has 0 aliphatic heterocycles. The van der Waals surface area contributed by atoms with Gasteiger partial charge in [-0.05, 0) is 44.2 Å². The van der Waals surface area contributed by atoms with E-state index < -0.39 is 6.10 Å². The maximum absolute atomic E-state index is 10.4. The van der Waals surface area contributed by atoms with Crippen molar-refractivity contribution in [3.8, 4) is 0 Å². The molecule has 0 saturated carbocycles. The summed E-state index contributed by atoms with van der Waals surface area (Å²) in [5.74, 6) is 0.554. The molecule has 0 spiro atoms. The van der Waals surface area contributed by atoms with E-state index >= 15 is 0 Å². The Hall–Kier alpha value is -1.29. The quantitative estimate of drug-likeness (QED) is 0.733. The van der Waals surface area contributed by atoms with Crippen molar-refractivity contribution in [2.24, 2.45) is 0 Å². The predicted octanol–water partition coefficient (Wildman–Crippen LogP) is 4.85. The number of benzene rings is 1. The number of halogens is 1. The molecule has 0 radical (unpaired) electrons. The van der Waals surface area contributed by atoms with Gasteiger partial charge < -0.3 is 9.52 Å². The minimum Gasteiger partial charge on any atom is -0.458 e. The molecule has 3 rings (SSSR count). The van der Waals surface area contributed by atoms with Gasteiger partial charge in [-0.1, -0.05) is 11.6 Å². The molecule has 1 atom stereocenters.